The Morgan fingerprint density at radius 2 is 1.83 bits per heavy atom. The largest absolute Gasteiger partial charge is 0.480 e. The molecule has 0 amide bonds. The molecule has 0 spiro atoms. The second kappa shape index (κ2) is 5.22. The van der Waals surface area contributed by atoms with E-state index in [1.165, 1.54) is 25.7 Å². The van der Waals surface area contributed by atoms with Crippen LogP contribution in [0.2, 0.25) is 0 Å². The number of carbonyl (C=O) groups is 2. The fraction of sp³-hybridized carbons (Fsp3) is 0.895. The SMILES string of the molecule is CCC1(OC(=O)C2(C(=O)O)CCCC2)CC2CC1C1CCCC21. The molecule has 4 heteroatoms. The van der Waals surface area contributed by atoms with Crippen molar-refractivity contribution in [2.75, 3.05) is 0 Å². The van der Waals surface area contributed by atoms with E-state index in [0.717, 1.165) is 31.6 Å². The van der Waals surface area contributed by atoms with E-state index in [1.807, 2.05) is 0 Å². The Hall–Kier alpha value is -1.06. The van der Waals surface area contributed by atoms with Crippen molar-refractivity contribution < 1.29 is 19.4 Å². The summed E-state index contributed by atoms with van der Waals surface area (Å²) in [6, 6.07) is 0. The van der Waals surface area contributed by atoms with E-state index >= 15 is 0 Å². The number of esters is 1. The number of carbonyl (C=O) groups excluding carboxylic acids is 1. The van der Waals surface area contributed by atoms with Gasteiger partial charge >= 0.3 is 11.9 Å². The Balaban J connectivity index is 1.57. The third-order valence-electron chi connectivity index (χ3n) is 7.74. The van der Waals surface area contributed by atoms with Gasteiger partial charge in [0.2, 0.25) is 0 Å². The average molecular weight is 320 g/mol. The van der Waals surface area contributed by atoms with Crippen molar-refractivity contribution in [2.24, 2.45) is 29.1 Å². The molecule has 0 saturated heterocycles. The van der Waals surface area contributed by atoms with Crippen LogP contribution < -0.4 is 0 Å². The van der Waals surface area contributed by atoms with Gasteiger partial charge in [0, 0.05) is 5.92 Å². The van der Waals surface area contributed by atoms with Gasteiger partial charge in [0.15, 0.2) is 5.41 Å². The predicted octanol–water partition coefficient (Wildman–Crippen LogP) is 3.78. The van der Waals surface area contributed by atoms with Crippen LogP contribution in [-0.2, 0) is 14.3 Å². The second-order valence-corrected chi connectivity index (χ2v) is 8.47. The molecule has 0 aliphatic heterocycles. The fourth-order valence-electron chi connectivity index (χ4n) is 6.58. The molecule has 4 aliphatic carbocycles. The smallest absolute Gasteiger partial charge is 0.324 e. The van der Waals surface area contributed by atoms with Crippen molar-refractivity contribution in [3.63, 3.8) is 0 Å². The van der Waals surface area contributed by atoms with Crippen molar-refractivity contribution in [1.82, 2.24) is 0 Å². The maximum atomic E-state index is 12.9. The van der Waals surface area contributed by atoms with Gasteiger partial charge in [0.05, 0.1) is 0 Å². The second-order valence-electron chi connectivity index (χ2n) is 8.47. The molecular weight excluding hydrogens is 292 g/mol. The van der Waals surface area contributed by atoms with Crippen LogP contribution in [0.25, 0.3) is 0 Å². The summed E-state index contributed by atoms with van der Waals surface area (Å²) in [5.74, 6) is 1.31. The Labute approximate surface area is 138 Å². The van der Waals surface area contributed by atoms with E-state index in [2.05, 4.69) is 6.92 Å². The fourth-order valence-corrected chi connectivity index (χ4v) is 6.58. The third kappa shape index (κ3) is 2.02. The summed E-state index contributed by atoms with van der Waals surface area (Å²) in [5, 5.41) is 9.65. The zero-order valence-electron chi connectivity index (χ0n) is 14.1. The summed E-state index contributed by atoms with van der Waals surface area (Å²) in [7, 11) is 0. The summed E-state index contributed by atoms with van der Waals surface area (Å²) >= 11 is 0. The van der Waals surface area contributed by atoms with E-state index in [-0.39, 0.29) is 5.60 Å². The minimum absolute atomic E-state index is 0.377. The number of ether oxygens (including phenoxy) is 1. The van der Waals surface area contributed by atoms with E-state index in [4.69, 9.17) is 4.74 Å². The zero-order chi connectivity index (χ0) is 16.2. The predicted molar refractivity (Wildman–Crippen MR) is 84.7 cm³/mol. The molecule has 0 heterocycles. The van der Waals surface area contributed by atoms with Crippen LogP contribution in [0.3, 0.4) is 0 Å². The van der Waals surface area contributed by atoms with Gasteiger partial charge in [-0.15, -0.1) is 0 Å². The summed E-state index contributed by atoms with van der Waals surface area (Å²) in [5.41, 5.74) is -1.64. The van der Waals surface area contributed by atoms with Crippen LogP contribution in [0.15, 0.2) is 0 Å². The summed E-state index contributed by atoms with van der Waals surface area (Å²) < 4.78 is 6.12. The lowest BCUT2D eigenvalue weighted by Crippen LogP contribution is -2.49. The first-order valence-electron chi connectivity index (χ1n) is 9.49. The Kier molecular flexibility index (Phi) is 3.51. The number of rotatable bonds is 4. The van der Waals surface area contributed by atoms with Gasteiger partial charge in [-0.25, -0.2) is 0 Å². The highest BCUT2D eigenvalue weighted by atomic mass is 16.6. The molecule has 4 nitrogen and oxygen atoms in total. The molecule has 1 N–H and O–H groups in total. The van der Waals surface area contributed by atoms with E-state index in [9.17, 15) is 14.7 Å². The van der Waals surface area contributed by atoms with Gasteiger partial charge in [-0.05, 0) is 62.7 Å². The lowest BCUT2D eigenvalue weighted by atomic mass is 9.71. The Bertz CT molecular complexity index is 521. The summed E-state index contributed by atoms with van der Waals surface area (Å²) in [6.07, 6.45) is 9.45. The lowest BCUT2D eigenvalue weighted by Gasteiger charge is -2.43. The first kappa shape index (κ1) is 15.5. The van der Waals surface area contributed by atoms with Gasteiger partial charge in [0.25, 0.3) is 0 Å². The quantitative estimate of drug-likeness (QED) is 0.632. The normalized spacial score (nSPS) is 43.5. The molecule has 4 saturated carbocycles. The molecule has 0 aromatic heterocycles. The van der Waals surface area contributed by atoms with Crippen molar-refractivity contribution in [3.05, 3.63) is 0 Å². The van der Waals surface area contributed by atoms with Gasteiger partial charge in [0.1, 0.15) is 5.60 Å². The highest BCUT2D eigenvalue weighted by Crippen LogP contribution is 2.64. The van der Waals surface area contributed by atoms with Gasteiger partial charge in [-0.1, -0.05) is 26.2 Å². The number of hydrogen-bond donors (Lipinski definition) is 1. The molecule has 128 valence electrons. The number of fused-ring (bicyclic) bond motifs is 5. The summed E-state index contributed by atoms with van der Waals surface area (Å²) in [6.45, 7) is 2.11. The number of hydrogen-bond acceptors (Lipinski definition) is 3. The third-order valence-corrected chi connectivity index (χ3v) is 7.74. The van der Waals surface area contributed by atoms with E-state index in [0.29, 0.717) is 30.6 Å². The Morgan fingerprint density at radius 3 is 2.48 bits per heavy atom. The molecule has 0 aromatic carbocycles. The van der Waals surface area contributed by atoms with Gasteiger partial charge in [-0.3, -0.25) is 9.59 Å². The van der Waals surface area contributed by atoms with Gasteiger partial charge < -0.3 is 9.84 Å². The van der Waals surface area contributed by atoms with Crippen molar-refractivity contribution in [1.29, 1.82) is 0 Å². The van der Waals surface area contributed by atoms with Crippen LogP contribution in [0.1, 0.15) is 71.1 Å². The highest BCUT2D eigenvalue weighted by molar-refractivity contribution is 5.99. The molecule has 4 rings (SSSR count). The van der Waals surface area contributed by atoms with Crippen molar-refractivity contribution in [3.8, 4) is 0 Å². The molecule has 4 fully saturated rings. The monoisotopic (exact) mass is 320 g/mol. The van der Waals surface area contributed by atoms with Crippen LogP contribution in [0, 0.1) is 29.1 Å². The van der Waals surface area contributed by atoms with Crippen molar-refractivity contribution >= 4 is 11.9 Å². The maximum Gasteiger partial charge on any atom is 0.324 e. The van der Waals surface area contributed by atoms with Crippen LogP contribution in [0.4, 0.5) is 0 Å². The molecule has 0 aromatic rings. The average Bonchev–Trinajstić information content (AvgIpc) is 3.27. The minimum atomic E-state index is -1.26. The van der Waals surface area contributed by atoms with Crippen LogP contribution in [-0.4, -0.2) is 22.6 Å². The first-order chi connectivity index (χ1) is 11.0. The summed E-state index contributed by atoms with van der Waals surface area (Å²) in [4.78, 5) is 24.7. The number of carboxylic acid groups (broad SMARTS) is 1. The highest BCUT2D eigenvalue weighted by Gasteiger charge is 2.63. The number of aliphatic carboxylic acids is 1. The van der Waals surface area contributed by atoms with Crippen molar-refractivity contribution in [2.45, 2.75) is 76.7 Å². The van der Waals surface area contributed by atoms with Gasteiger partial charge in [-0.2, -0.15) is 0 Å². The lowest BCUT2D eigenvalue weighted by molar-refractivity contribution is -0.188. The molecule has 4 aliphatic rings. The standard InChI is InChI=1S/C19H28O4/c1-2-19(11-12-10-15(19)14-7-5-6-13(12)14)23-17(22)18(16(20)21)8-3-4-9-18/h12-15H,2-11H2,1H3,(H,20,21). The topological polar surface area (TPSA) is 63.6 Å². The maximum absolute atomic E-state index is 12.9. The number of carboxylic acids is 1. The molecule has 2 bridgehead atoms. The molecule has 0 radical (unpaired) electrons. The first-order valence-corrected chi connectivity index (χ1v) is 9.49. The molecule has 23 heavy (non-hydrogen) atoms. The molecule has 5 atom stereocenters. The molecular formula is C19H28O4. The Morgan fingerprint density at radius 1 is 1.13 bits per heavy atom. The van der Waals surface area contributed by atoms with E-state index in [1.54, 1.807) is 0 Å². The zero-order valence-corrected chi connectivity index (χ0v) is 14.1. The van der Waals surface area contributed by atoms with Crippen LogP contribution >= 0.6 is 0 Å². The van der Waals surface area contributed by atoms with Crippen LogP contribution in [0.5, 0.6) is 0 Å². The minimum Gasteiger partial charge on any atom is -0.480 e. The van der Waals surface area contributed by atoms with E-state index < -0.39 is 17.4 Å². The molecule has 5 unspecified atom stereocenters.